The van der Waals surface area contributed by atoms with Crippen LogP contribution in [0.5, 0.6) is 5.75 Å². The highest BCUT2D eigenvalue weighted by atomic mass is 16.5. The number of nitrogens with zero attached hydrogens (tertiary/aromatic N) is 2. The topological polar surface area (TPSA) is 61.9 Å². The second-order valence-corrected chi connectivity index (χ2v) is 8.28. The summed E-state index contributed by atoms with van der Waals surface area (Å²) in [5, 5.41) is 3.23. The van der Waals surface area contributed by atoms with Crippen molar-refractivity contribution in [2.75, 3.05) is 33.3 Å². The van der Waals surface area contributed by atoms with Gasteiger partial charge in [0.2, 0.25) is 11.8 Å². The summed E-state index contributed by atoms with van der Waals surface area (Å²) < 4.78 is 5.35. The molecule has 2 saturated heterocycles. The number of carbonyl (C=O) groups excluding carboxylic acids is 2. The molecule has 1 aromatic rings. The summed E-state index contributed by atoms with van der Waals surface area (Å²) in [6.07, 6.45) is 6.90. The van der Waals surface area contributed by atoms with Crippen molar-refractivity contribution in [3.63, 3.8) is 0 Å². The highest BCUT2D eigenvalue weighted by molar-refractivity contribution is 5.82. The molecule has 2 aliphatic heterocycles. The molecular formula is C23H35N3O3. The molecular weight excluding hydrogens is 366 g/mol. The van der Waals surface area contributed by atoms with E-state index in [4.69, 9.17) is 4.74 Å². The molecule has 0 bridgehead atoms. The van der Waals surface area contributed by atoms with E-state index in [9.17, 15) is 9.59 Å². The second kappa shape index (κ2) is 10.6. The maximum atomic E-state index is 12.7. The zero-order chi connectivity index (χ0) is 20.6. The lowest BCUT2D eigenvalue weighted by molar-refractivity contribution is -0.132. The Balaban J connectivity index is 1.45. The number of carbonyl (C=O) groups is 2. The number of para-hydroxylation sites is 1. The number of nitrogens with one attached hydrogen (secondary N) is 1. The number of methoxy groups -OCH3 is 1. The van der Waals surface area contributed by atoms with Gasteiger partial charge < -0.3 is 15.0 Å². The lowest BCUT2D eigenvalue weighted by Crippen LogP contribution is -2.52. The third-order valence-electron chi connectivity index (χ3n) is 6.30. The maximum absolute atomic E-state index is 12.7. The zero-order valence-corrected chi connectivity index (χ0v) is 17.9. The summed E-state index contributed by atoms with van der Waals surface area (Å²) >= 11 is 0. The fourth-order valence-electron chi connectivity index (χ4n) is 4.37. The van der Waals surface area contributed by atoms with Crippen molar-refractivity contribution < 1.29 is 14.3 Å². The fourth-order valence-corrected chi connectivity index (χ4v) is 4.37. The normalized spacial score (nSPS) is 20.0. The minimum absolute atomic E-state index is 0.0710. The second-order valence-electron chi connectivity index (χ2n) is 8.28. The lowest BCUT2D eigenvalue weighted by Gasteiger charge is -2.34. The molecule has 0 saturated carbocycles. The van der Waals surface area contributed by atoms with E-state index in [1.54, 1.807) is 7.11 Å². The van der Waals surface area contributed by atoms with Gasteiger partial charge in [0.05, 0.1) is 19.6 Å². The molecule has 2 aliphatic rings. The van der Waals surface area contributed by atoms with Crippen molar-refractivity contribution >= 4 is 11.8 Å². The monoisotopic (exact) mass is 401 g/mol. The van der Waals surface area contributed by atoms with Crippen molar-refractivity contribution in [2.45, 2.75) is 64.0 Å². The first-order valence-electron chi connectivity index (χ1n) is 11.0. The average Bonchev–Trinajstić information content (AvgIpc) is 3.03. The SMILES string of the molecule is COc1ccccc1CC(=O)N1CCC(NC(=O)C(C)N2CCCCCC2)CC1. The third kappa shape index (κ3) is 5.95. The predicted octanol–water partition coefficient (Wildman–Crippen LogP) is 2.61. The largest absolute Gasteiger partial charge is 0.496 e. The van der Waals surface area contributed by atoms with Crippen LogP contribution in [-0.2, 0) is 16.0 Å². The van der Waals surface area contributed by atoms with Crippen LogP contribution in [0, 0.1) is 0 Å². The Morgan fingerprint density at radius 3 is 2.38 bits per heavy atom. The molecule has 0 aliphatic carbocycles. The third-order valence-corrected chi connectivity index (χ3v) is 6.30. The number of piperidine rings is 1. The summed E-state index contributed by atoms with van der Waals surface area (Å²) in [5.74, 6) is 1.01. The van der Waals surface area contributed by atoms with Crippen LogP contribution in [0.2, 0.25) is 0 Å². The van der Waals surface area contributed by atoms with Gasteiger partial charge in [-0.25, -0.2) is 0 Å². The minimum atomic E-state index is -0.0710. The number of benzene rings is 1. The molecule has 6 heteroatoms. The first-order valence-corrected chi connectivity index (χ1v) is 11.0. The molecule has 0 aromatic heterocycles. The van der Waals surface area contributed by atoms with E-state index in [1.807, 2.05) is 36.1 Å². The van der Waals surface area contributed by atoms with E-state index in [0.29, 0.717) is 19.5 Å². The van der Waals surface area contributed by atoms with Crippen molar-refractivity contribution in [2.24, 2.45) is 0 Å². The van der Waals surface area contributed by atoms with E-state index >= 15 is 0 Å². The Labute approximate surface area is 174 Å². The average molecular weight is 402 g/mol. The van der Waals surface area contributed by atoms with Crippen LogP contribution >= 0.6 is 0 Å². The van der Waals surface area contributed by atoms with Gasteiger partial charge in [-0.05, 0) is 51.8 Å². The van der Waals surface area contributed by atoms with Gasteiger partial charge in [-0.1, -0.05) is 31.0 Å². The standard InChI is InChI=1S/C23H35N3O3/c1-18(25-13-7-3-4-8-14-25)23(28)24-20-11-15-26(16-12-20)22(27)17-19-9-5-6-10-21(19)29-2/h5-6,9-10,18,20H,3-4,7-8,11-17H2,1-2H3,(H,24,28). The summed E-state index contributed by atoms with van der Waals surface area (Å²) in [6.45, 7) is 5.44. The number of likely N-dealkylation sites (tertiary alicyclic amines) is 2. The molecule has 2 fully saturated rings. The lowest BCUT2D eigenvalue weighted by atomic mass is 10.0. The summed E-state index contributed by atoms with van der Waals surface area (Å²) in [7, 11) is 1.63. The molecule has 3 rings (SSSR count). The van der Waals surface area contributed by atoms with Crippen LogP contribution in [0.1, 0.15) is 51.0 Å². The number of amides is 2. The molecule has 2 heterocycles. The number of ether oxygens (including phenoxy) is 1. The van der Waals surface area contributed by atoms with E-state index in [1.165, 1.54) is 25.7 Å². The molecule has 2 amide bonds. The minimum Gasteiger partial charge on any atom is -0.496 e. The molecule has 1 atom stereocenters. The Kier molecular flexibility index (Phi) is 7.92. The van der Waals surface area contributed by atoms with Crippen molar-refractivity contribution in [1.29, 1.82) is 0 Å². The van der Waals surface area contributed by atoms with Gasteiger partial charge in [-0.2, -0.15) is 0 Å². The highest BCUT2D eigenvalue weighted by Gasteiger charge is 2.27. The van der Waals surface area contributed by atoms with Gasteiger partial charge in [-0.3, -0.25) is 14.5 Å². The Morgan fingerprint density at radius 1 is 1.07 bits per heavy atom. The molecule has 29 heavy (non-hydrogen) atoms. The first kappa shape index (κ1) is 21.6. The smallest absolute Gasteiger partial charge is 0.237 e. The summed E-state index contributed by atoms with van der Waals surface area (Å²) in [5.41, 5.74) is 0.918. The Morgan fingerprint density at radius 2 is 1.72 bits per heavy atom. The Hall–Kier alpha value is -2.08. The van der Waals surface area contributed by atoms with E-state index in [2.05, 4.69) is 10.2 Å². The molecule has 0 spiro atoms. The van der Waals surface area contributed by atoms with Crippen LogP contribution in [0.3, 0.4) is 0 Å². The van der Waals surface area contributed by atoms with E-state index in [0.717, 1.165) is 37.2 Å². The van der Waals surface area contributed by atoms with Gasteiger partial charge in [0.1, 0.15) is 5.75 Å². The number of hydrogen-bond acceptors (Lipinski definition) is 4. The van der Waals surface area contributed by atoms with Crippen molar-refractivity contribution in [3.8, 4) is 5.75 Å². The zero-order valence-electron chi connectivity index (χ0n) is 17.9. The van der Waals surface area contributed by atoms with Gasteiger partial charge >= 0.3 is 0 Å². The van der Waals surface area contributed by atoms with E-state index in [-0.39, 0.29) is 23.9 Å². The first-order chi connectivity index (χ1) is 14.1. The molecule has 160 valence electrons. The Bertz CT molecular complexity index is 678. The van der Waals surface area contributed by atoms with Gasteiger partial charge in [0, 0.05) is 24.7 Å². The van der Waals surface area contributed by atoms with E-state index < -0.39 is 0 Å². The molecule has 0 radical (unpaired) electrons. The van der Waals surface area contributed by atoms with Gasteiger partial charge in [-0.15, -0.1) is 0 Å². The highest BCUT2D eigenvalue weighted by Crippen LogP contribution is 2.20. The summed E-state index contributed by atoms with van der Waals surface area (Å²) in [4.78, 5) is 29.6. The van der Waals surface area contributed by atoms with Gasteiger partial charge in [0.25, 0.3) is 0 Å². The van der Waals surface area contributed by atoms with Crippen LogP contribution in [0.15, 0.2) is 24.3 Å². The van der Waals surface area contributed by atoms with Crippen molar-refractivity contribution in [1.82, 2.24) is 15.1 Å². The quantitative estimate of drug-likeness (QED) is 0.796. The molecule has 6 nitrogen and oxygen atoms in total. The van der Waals surface area contributed by atoms with Crippen LogP contribution in [0.25, 0.3) is 0 Å². The fraction of sp³-hybridized carbons (Fsp3) is 0.652. The van der Waals surface area contributed by atoms with Crippen LogP contribution in [-0.4, -0.2) is 67.0 Å². The molecule has 1 unspecified atom stereocenters. The van der Waals surface area contributed by atoms with Gasteiger partial charge in [0.15, 0.2) is 0 Å². The molecule has 1 N–H and O–H groups in total. The van der Waals surface area contributed by atoms with Crippen molar-refractivity contribution in [3.05, 3.63) is 29.8 Å². The summed E-state index contributed by atoms with van der Waals surface area (Å²) in [6, 6.07) is 7.75. The van der Waals surface area contributed by atoms with Crippen LogP contribution < -0.4 is 10.1 Å². The molecule has 1 aromatic carbocycles. The maximum Gasteiger partial charge on any atom is 0.237 e. The number of hydrogen-bond donors (Lipinski definition) is 1. The predicted molar refractivity (Wildman–Crippen MR) is 114 cm³/mol. The number of rotatable bonds is 6. The van der Waals surface area contributed by atoms with Crippen LogP contribution in [0.4, 0.5) is 0 Å².